The van der Waals surface area contributed by atoms with Gasteiger partial charge in [0, 0.05) is 37.1 Å². The minimum absolute atomic E-state index is 0.0176. The molecule has 0 N–H and O–H groups in total. The summed E-state index contributed by atoms with van der Waals surface area (Å²) < 4.78 is 0. The minimum Gasteiger partial charge on any atom is -0.371 e. The molecular weight excluding hydrogens is 462 g/mol. The summed E-state index contributed by atoms with van der Waals surface area (Å²) >= 11 is 6.28. The van der Waals surface area contributed by atoms with Gasteiger partial charge in [0.15, 0.2) is 0 Å². The van der Waals surface area contributed by atoms with Crippen LogP contribution in [0.15, 0.2) is 42.5 Å². The van der Waals surface area contributed by atoms with Crippen LogP contribution in [0.1, 0.15) is 71.2 Å². The van der Waals surface area contributed by atoms with Crippen LogP contribution in [0.4, 0.5) is 5.69 Å². The number of amides is 3. The molecule has 2 heterocycles. The van der Waals surface area contributed by atoms with Crippen LogP contribution in [-0.4, -0.2) is 53.7 Å². The second kappa shape index (κ2) is 10.0. The highest BCUT2D eigenvalue weighted by molar-refractivity contribution is 6.31. The smallest absolute Gasteiger partial charge is 0.263 e. The number of anilines is 1. The second-order valence-electron chi connectivity index (χ2n) is 9.99. The van der Waals surface area contributed by atoms with Crippen molar-refractivity contribution in [3.63, 3.8) is 0 Å². The predicted octanol–water partition coefficient (Wildman–Crippen LogP) is 5.14. The molecule has 2 fully saturated rings. The van der Waals surface area contributed by atoms with Gasteiger partial charge in [-0.25, -0.2) is 0 Å². The highest BCUT2D eigenvalue weighted by Crippen LogP contribution is 2.35. The van der Waals surface area contributed by atoms with Crippen molar-refractivity contribution in [1.29, 1.82) is 0 Å². The molecule has 3 aliphatic rings. The first-order valence-electron chi connectivity index (χ1n) is 12.7. The SMILES string of the molecule is CN(C(=O)C1CCN(c2cccc3c2C(=O)N(Cc2ccccc2Cl)C3=O)CC1)C1CCCCC1. The highest BCUT2D eigenvalue weighted by Gasteiger charge is 2.39. The van der Waals surface area contributed by atoms with Crippen LogP contribution in [0.2, 0.25) is 5.02 Å². The summed E-state index contributed by atoms with van der Waals surface area (Å²) in [6.45, 7) is 1.53. The van der Waals surface area contributed by atoms with Crippen LogP contribution < -0.4 is 4.90 Å². The Balaban J connectivity index is 1.29. The number of imide groups is 1. The third kappa shape index (κ3) is 4.56. The minimum atomic E-state index is -0.286. The van der Waals surface area contributed by atoms with E-state index in [0.29, 0.717) is 35.3 Å². The van der Waals surface area contributed by atoms with Crippen LogP contribution in [0.5, 0.6) is 0 Å². The first-order chi connectivity index (χ1) is 17.0. The summed E-state index contributed by atoms with van der Waals surface area (Å²) in [4.78, 5) is 45.1. The van der Waals surface area contributed by atoms with E-state index in [1.54, 1.807) is 12.1 Å². The summed E-state index contributed by atoms with van der Waals surface area (Å²) in [7, 11) is 1.96. The molecule has 3 amide bonds. The van der Waals surface area contributed by atoms with Crippen molar-refractivity contribution in [2.24, 2.45) is 5.92 Å². The summed E-state index contributed by atoms with van der Waals surface area (Å²) in [5.41, 5.74) is 2.43. The monoisotopic (exact) mass is 493 g/mol. The number of rotatable bonds is 5. The molecule has 0 unspecified atom stereocenters. The van der Waals surface area contributed by atoms with Crippen molar-refractivity contribution in [3.05, 3.63) is 64.2 Å². The van der Waals surface area contributed by atoms with E-state index >= 15 is 0 Å². The lowest BCUT2D eigenvalue weighted by atomic mass is 9.90. The van der Waals surface area contributed by atoms with Gasteiger partial charge in [-0.15, -0.1) is 0 Å². The van der Waals surface area contributed by atoms with Crippen molar-refractivity contribution in [2.45, 2.75) is 57.5 Å². The van der Waals surface area contributed by atoms with Gasteiger partial charge in [0.2, 0.25) is 5.91 Å². The molecule has 2 aromatic carbocycles. The van der Waals surface area contributed by atoms with Gasteiger partial charge in [0.25, 0.3) is 11.8 Å². The molecule has 1 saturated heterocycles. The van der Waals surface area contributed by atoms with Crippen LogP contribution in [-0.2, 0) is 11.3 Å². The zero-order valence-electron chi connectivity index (χ0n) is 20.2. The molecule has 0 spiro atoms. The molecule has 5 rings (SSSR count). The summed E-state index contributed by atoms with van der Waals surface area (Å²) in [6.07, 6.45) is 7.42. The molecule has 1 aliphatic carbocycles. The van der Waals surface area contributed by atoms with Crippen molar-refractivity contribution < 1.29 is 14.4 Å². The van der Waals surface area contributed by atoms with Crippen LogP contribution in [0.3, 0.4) is 0 Å². The first-order valence-corrected chi connectivity index (χ1v) is 13.1. The van der Waals surface area contributed by atoms with E-state index in [1.165, 1.54) is 24.2 Å². The molecule has 2 aromatic rings. The summed E-state index contributed by atoms with van der Waals surface area (Å²) in [5, 5.41) is 0.536. The van der Waals surface area contributed by atoms with Crippen molar-refractivity contribution in [3.8, 4) is 0 Å². The summed E-state index contributed by atoms with van der Waals surface area (Å²) in [6, 6.07) is 13.1. The molecule has 0 bridgehead atoms. The number of hydrogen-bond acceptors (Lipinski definition) is 4. The number of halogens is 1. The summed E-state index contributed by atoms with van der Waals surface area (Å²) in [5.74, 6) is -0.294. The fourth-order valence-corrected chi connectivity index (χ4v) is 6.02. The largest absolute Gasteiger partial charge is 0.371 e. The molecule has 0 atom stereocenters. The van der Waals surface area contributed by atoms with E-state index in [0.717, 1.165) is 36.9 Å². The lowest BCUT2D eigenvalue weighted by Gasteiger charge is -2.38. The van der Waals surface area contributed by atoms with E-state index in [4.69, 9.17) is 11.6 Å². The van der Waals surface area contributed by atoms with Gasteiger partial charge >= 0.3 is 0 Å². The van der Waals surface area contributed by atoms with E-state index in [2.05, 4.69) is 4.90 Å². The molecule has 2 aliphatic heterocycles. The molecule has 184 valence electrons. The Bertz CT molecular complexity index is 1140. The van der Waals surface area contributed by atoms with E-state index in [1.807, 2.05) is 42.3 Å². The Kier molecular flexibility index (Phi) is 6.83. The number of piperidine rings is 1. The number of carbonyl (C=O) groups is 3. The van der Waals surface area contributed by atoms with Gasteiger partial charge in [0.1, 0.15) is 0 Å². The Morgan fingerprint density at radius 2 is 1.66 bits per heavy atom. The molecule has 0 radical (unpaired) electrons. The number of hydrogen-bond donors (Lipinski definition) is 0. The average molecular weight is 494 g/mol. The van der Waals surface area contributed by atoms with Gasteiger partial charge in [0.05, 0.1) is 23.4 Å². The molecule has 35 heavy (non-hydrogen) atoms. The number of fused-ring (bicyclic) bond motifs is 1. The molecule has 7 heteroatoms. The average Bonchev–Trinajstić information content (AvgIpc) is 3.14. The van der Waals surface area contributed by atoms with Gasteiger partial charge in [-0.1, -0.05) is 55.1 Å². The Labute approximate surface area is 211 Å². The number of nitrogens with zero attached hydrogens (tertiary/aromatic N) is 3. The second-order valence-corrected chi connectivity index (χ2v) is 10.4. The van der Waals surface area contributed by atoms with E-state index < -0.39 is 0 Å². The molecule has 1 saturated carbocycles. The number of carbonyl (C=O) groups excluding carboxylic acids is 3. The zero-order chi connectivity index (χ0) is 24.5. The van der Waals surface area contributed by atoms with Gasteiger partial charge in [-0.3, -0.25) is 19.3 Å². The molecular formula is C28H32ClN3O3. The maximum absolute atomic E-state index is 13.4. The highest BCUT2D eigenvalue weighted by atomic mass is 35.5. The fraction of sp³-hybridized carbons (Fsp3) is 0.464. The Morgan fingerprint density at radius 1 is 0.943 bits per heavy atom. The van der Waals surface area contributed by atoms with Gasteiger partial charge in [-0.05, 0) is 49.4 Å². The van der Waals surface area contributed by atoms with E-state index in [-0.39, 0.29) is 30.2 Å². The van der Waals surface area contributed by atoms with E-state index in [9.17, 15) is 14.4 Å². The lowest BCUT2D eigenvalue weighted by molar-refractivity contribution is -0.137. The molecule has 0 aromatic heterocycles. The standard InChI is InChI=1S/C28H32ClN3O3/c1-30(21-9-3-2-4-10-21)26(33)19-14-16-31(17-15-19)24-13-7-11-22-25(24)28(35)32(27(22)34)18-20-8-5-6-12-23(20)29/h5-8,11-13,19,21H,2-4,9-10,14-18H2,1H3. The maximum Gasteiger partial charge on any atom is 0.263 e. The maximum atomic E-state index is 13.4. The lowest BCUT2D eigenvalue weighted by Crippen LogP contribution is -2.45. The van der Waals surface area contributed by atoms with Gasteiger partial charge in [-0.2, -0.15) is 0 Å². The predicted molar refractivity (Wildman–Crippen MR) is 137 cm³/mol. The fourth-order valence-electron chi connectivity index (χ4n) is 5.82. The topological polar surface area (TPSA) is 60.9 Å². The third-order valence-corrected chi connectivity index (χ3v) is 8.29. The number of benzene rings is 2. The van der Waals surface area contributed by atoms with Crippen molar-refractivity contribution in [1.82, 2.24) is 9.80 Å². The first kappa shape index (κ1) is 23.9. The zero-order valence-corrected chi connectivity index (χ0v) is 21.0. The van der Waals surface area contributed by atoms with Crippen LogP contribution in [0.25, 0.3) is 0 Å². The Hall–Kier alpha value is -2.86. The van der Waals surface area contributed by atoms with Crippen LogP contribution in [0, 0.1) is 5.92 Å². The normalized spacial score (nSPS) is 19.3. The van der Waals surface area contributed by atoms with Crippen molar-refractivity contribution >= 4 is 35.0 Å². The third-order valence-electron chi connectivity index (χ3n) is 7.92. The van der Waals surface area contributed by atoms with Crippen LogP contribution >= 0.6 is 11.6 Å². The van der Waals surface area contributed by atoms with Gasteiger partial charge < -0.3 is 9.80 Å². The Morgan fingerprint density at radius 3 is 2.37 bits per heavy atom. The van der Waals surface area contributed by atoms with Crippen molar-refractivity contribution in [2.75, 3.05) is 25.0 Å². The molecule has 6 nitrogen and oxygen atoms in total. The quantitative estimate of drug-likeness (QED) is 0.541.